The molecule has 5 nitrogen and oxygen atoms in total. The number of carbonyl (C=O) groups is 1. The van der Waals surface area contributed by atoms with Gasteiger partial charge in [-0.15, -0.1) is 0 Å². The minimum absolute atomic E-state index is 0.270. The first-order valence-electron chi connectivity index (χ1n) is 9.55. The summed E-state index contributed by atoms with van der Waals surface area (Å²) in [5.41, 5.74) is 2.07. The van der Waals surface area contributed by atoms with E-state index in [0.29, 0.717) is 11.2 Å². The summed E-state index contributed by atoms with van der Waals surface area (Å²) in [6.07, 6.45) is 7.95. The highest BCUT2D eigenvalue weighted by atomic mass is 32.1. The van der Waals surface area contributed by atoms with Gasteiger partial charge in [0.15, 0.2) is 0 Å². The van der Waals surface area contributed by atoms with E-state index in [2.05, 4.69) is 9.88 Å². The van der Waals surface area contributed by atoms with Gasteiger partial charge in [-0.2, -0.15) is 0 Å². The Morgan fingerprint density at radius 3 is 2.56 bits per heavy atom. The fourth-order valence-electron chi connectivity index (χ4n) is 3.62. The van der Waals surface area contributed by atoms with Gasteiger partial charge >= 0.3 is 4.87 Å². The maximum Gasteiger partial charge on any atom is 0.315 e. The van der Waals surface area contributed by atoms with Crippen LogP contribution in [0.5, 0.6) is 0 Å². The number of hydrogen-bond donors (Lipinski definition) is 0. The molecule has 140 valence electrons. The molecule has 2 aromatic heterocycles. The summed E-state index contributed by atoms with van der Waals surface area (Å²) < 4.78 is 2.03. The molecule has 1 aromatic carbocycles. The van der Waals surface area contributed by atoms with Crippen LogP contribution in [0.2, 0.25) is 0 Å². The van der Waals surface area contributed by atoms with Crippen LogP contribution in [0.3, 0.4) is 0 Å². The number of hydrogen-bond acceptors (Lipinski definition) is 5. The van der Waals surface area contributed by atoms with Crippen molar-refractivity contribution in [3.05, 3.63) is 63.5 Å². The highest BCUT2D eigenvalue weighted by molar-refractivity contribution is 7.16. The molecule has 0 spiro atoms. The number of benzene rings is 1. The zero-order chi connectivity index (χ0) is 18.6. The molecule has 0 N–H and O–H groups in total. The Hall–Kier alpha value is -2.31. The predicted molar refractivity (Wildman–Crippen MR) is 109 cm³/mol. The Morgan fingerprint density at radius 1 is 1.04 bits per heavy atom. The molecular weight excluding hydrogens is 358 g/mol. The van der Waals surface area contributed by atoms with Crippen LogP contribution in [0.15, 0.2) is 47.4 Å². The molecule has 3 heterocycles. The van der Waals surface area contributed by atoms with Crippen LogP contribution in [0, 0.1) is 0 Å². The van der Waals surface area contributed by atoms with Crippen molar-refractivity contribution in [1.29, 1.82) is 0 Å². The first-order chi connectivity index (χ1) is 13.2. The van der Waals surface area contributed by atoms with Gasteiger partial charge < -0.3 is 4.90 Å². The minimum Gasteiger partial charge on any atom is -0.303 e. The highest BCUT2D eigenvalue weighted by Gasteiger charge is 2.17. The first-order valence-corrected chi connectivity index (χ1v) is 10.4. The van der Waals surface area contributed by atoms with E-state index >= 15 is 0 Å². The molecule has 1 saturated heterocycles. The fourth-order valence-corrected chi connectivity index (χ4v) is 4.49. The van der Waals surface area contributed by atoms with E-state index in [9.17, 15) is 9.59 Å². The van der Waals surface area contributed by atoms with Gasteiger partial charge in [0.25, 0.3) is 5.91 Å². The van der Waals surface area contributed by atoms with Crippen molar-refractivity contribution in [2.45, 2.75) is 32.1 Å². The molecule has 0 aliphatic carbocycles. The van der Waals surface area contributed by atoms with Crippen molar-refractivity contribution >= 4 is 27.5 Å². The summed E-state index contributed by atoms with van der Waals surface area (Å²) in [6.45, 7) is 3.39. The zero-order valence-corrected chi connectivity index (χ0v) is 16.1. The topological polar surface area (TPSA) is 55.2 Å². The van der Waals surface area contributed by atoms with Gasteiger partial charge in [0.1, 0.15) is 5.69 Å². The number of nitrogens with zero attached hydrogens (tertiary/aromatic N) is 3. The lowest BCUT2D eigenvalue weighted by Crippen LogP contribution is -2.27. The smallest absolute Gasteiger partial charge is 0.303 e. The molecule has 4 rings (SSSR count). The molecule has 3 aromatic rings. The number of likely N-dealkylation sites (tertiary alicyclic amines) is 1. The van der Waals surface area contributed by atoms with Gasteiger partial charge in [-0.25, -0.2) is 4.57 Å². The maximum absolute atomic E-state index is 12.8. The molecule has 0 amide bonds. The molecule has 6 heteroatoms. The third kappa shape index (κ3) is 4.01. The molecule has 0 atom stereocenters. The van der Waals surface area contributed by atoms with Crippen molar-refractivity contribution in [3.63, 3.8) is 0 Å². The third-order valence-electron chi connectivity index (χ3n) is 5.15. The monoisotopic (exact) mass is 381 g/mol. The SMILES string of the molecule is O=C(c1ccc(CCN2CCCCCC2)cn1)n1c(=O)sc2ccccc21. The predicted octanol–water partition coefficient (Wildman–Crippen LogP) is 3.57. The summed E-state index contributed by atoms with van der Waals surface area (Å²) in [4.78, 5) is 31.6. The van der Waals surface area contributed by atoms with Crippen molar-refractivity contribution in [1.82, 2.24) is 14.5 Å². The Labute approximate surface area is 162 Å². The summed E-state index contributed by atoms with van der Waals surface area (Å²) in [5.74, 6) is -0.364. The molecular formula is C21H23N3O2S. The van der Waals surface area contributed by atoms with E-state index < -0.39 is 0 Å². The van der Waals surface area contributed by atoms with E-state index in [1.807, 2.05) is 24.3 Å². The number of thiazole rings is 1. The zero-order valence-electron chi connectivity index (χ0n) is 15.3. The number of fused-ring (bicyclic) bond motifs is 1. The van der Waals surface area contributed by atoms with Gasteiger partial charge in [-0.1, -0.05) is 42.4 Å². The fraction of sp³-hybridized carbons (Fsp3) is 0.381. The summed E-state index contributed by atoms with van der Waals surface area (Å²) in [5, 5.41) is 0. The van der Waals surface area contributed by atoms with Crippen LogP contribution in [-0.2, 0) is 6.42 Å². The summed E-state index contributed by atoms with van der Waals surface area (Å²) >= 11 is 1.08. The number of carbonyl (C=O) groups excluding carboxylic acids is 1. The molecule has 1 aliphatic heterocycles. The number of rotatable bonds is 4. The van der Waals surface area contributed by atoms with Crippen LogP contribution in [0.1, 0.15) is 41.7 Å². The first kappa shape index (κ1) is 18.1. The van der Waals surface area contributed by atoms with Crippen molar-refractivity contribution in [3.8, 4) is 0 Å². The molecule has 27 heavy (non-hydrogen) atoms. The second-order valence-corrected chi connectivity index (χ2v) is 8.03. The Kier molecular flexibility index (Phi) is 5.45. The van der Waals surface area contributed by atoms with Gasteiger partial charge in [0.05, 0.1) is 10.2 Å². The lowest BCUT2D eigenvalue weighted by atomic mass is 10.2. The van der Waals surface area contributed by atoms with E-state index in [1.165, 1.54) is 43.3 Å². The molecule has 1 aliphatic rings. The number of pyridine rings is 1. The van der Waals surface area contributed by atoms with Crippen molar-refractivity contribution < 1.29 is 4.79 Å². The Morgan fingerprint density at radius 2 is 1.81 bits per heavy atom. The second-order valence-electron chi connectivity index (χ2n) is 7.03. The van der Waals surface area contributed by atoms with E-state index in [0.717, 1.165) is 34.6 Å². The lowest BCUT2D eigenvalue weighted by Gasteiger charge is -2.19. The van der Waals surface area contributed by atoms with Crippen LogP contribution in [-0.4, -0.2) is 40.0 Å². The molecule has 0 saturated carbocycles. The Balaban J connectivity index is 1.47. The van der Waals surface area contributed by atoms with Crippen LogP contribution >= 0.6 is 11.3 Å². The average molecular weight is 382 g/mol. The highest BCUT2D eigenvalue weighted by Crippen LogP contribution is 2.17. The molecule has 0 radical (unpaired) electrons. The largest absolute Gasteiger partial charge is 0.315 e. The number of aromatic nitrogens is 2. The van der Waals surface area contributed by atoms with Crippen molar-refractivity contribution in [2.24, 2.45) is 0 Å². The Bertz CT molecular complexity index is 983. The van der Waals surface area contributed by atoms with Crippen LogP contribution < -0.4 is 4.87 Å². The second kappa shape index (κ2) is 8.15. The van der Waals surface area contributed by atoms with Gasteiger partial charge in [-0.3, -0.25) is 14.6 Å². The van der Waals surface area contributed by atoms with Gasteiger partial charge in [0, 0.05) is 12.7 Å². The number of para-hydroxylation sites is 1. The summed E-state index contributed by atoms with van der Waals surface area (Å²) in [7, 11) is 0. The minimum atomic E-state index is -0.364. The normalized spacial score (nSPS) is 15.7. The average Bonchev–Trinajstić information content (AvgIpc) is 2.84. The molecule has 1 fully saturated rings. The molecule has 0 bridgehead atoms. The van der Waals surface area contributed by atoms with Crippen LogP contribution in [0.4, 0.5) is 0 Å². The van der Waals surface area contributed by atoms with Crippen LogP contribution in [0.25, 0.3) is 10.2 Å². The summed E-state index contributed by atoms with van der Waals surface area (Å²) in [6, 6.07) is 11.0. The third-order valence-corrected chi connectivity index (χ3v) is 6.07. The van der Waals surface area contributed by atoms with Crippen molar-refractivity contribution in [2.75, 3.05) is 19.6 Å². The van der Waals surface area contributed by atoms with E-state index in [-0.39, 0.29) is 10.8 Å². The van der Waals surface area contributed by atoms with Gasteiger partial charge in [-0.05, 0) is 56.1 Å². The van der Waals surface area contributed by atoms with E-state index in [1.54, 1.807) is 18.3 Å². The lowest BCUT2D eigenvalue weighted by molar-refractivity contribution is 0.0957. The standard InChI is InChI=1S/C21H23N3O2S/c25-20(24-18-7-3-4-8-19(18)27-21(24)26)17-10-9-16(15-22-17)11-14-23-12-5-1-2-6-13-23/h3-4,7-10,15H,1-2,5-6,11-14H2. The quantitative estimate of drug-likeness (QED) is 0.693. The van der Waals surface area contributed by atoms with Gasteiger partial charge in [0.2, 0.25) is 0 Å². The maximum atomic E-state index is 12.8. The molecule has 0 unspecified atom stereocenters. The van der Waals surface area contributed by atoms with E-state index in [4.69, 9.17) is 0 Å².